The van der Waals surface area contributed by atoms with E-state index in [1.165, 1.54) is 6.20 Å². The molecule has 0 aliphatic rings. The van der Waals surface area contributed by atoms with Crippen molar-refractivity contribution in [2.45, 2.75) is 6.42 Å². The molecule has 18 heavy (non-hydrogen) atoms. The highest BCUT2D eigenvalue weighted by Crippen LogP contribution is 2.13. The van der Waals surface area contributed by atoms with Crippen molar-refractivity contribution >= 4 is 11.7 Å². The molecule has 2 aromatic rings. The Morgan fingerprint density at radius 1 is 1.28 bits per heavy atom. The standard InChI is InChI=1S/C12H12N4O2/c13-11-10(12(14)18)16-8(6-15-11)5-7-1-3-9(17)4-2-7/h1-4,6,17H,5H2,(H2,13,15)(H2,14,18). The van der Waals surface area contributed by atoms with Gasteiger partial charge in [-0.3, -0.25) is 4.79 Å². The number of rotatable bonds is 3. The molecule has 1 amide bonds. The van der Waals surface area contributed by atoms with Gasteiger partial charge in [0.2, 0.25) is 0 Å². The topological polar surface area (TPSA) is 115 Å². The Hall–Kier alpha value is -2.63. The fraction of sp³-hybridized carbons (Fsp3) is 0.0833. The number of phenolic OH excluding ortho intramolecular Hbond substituents is 1. The molecule has 0 bridgehead atoms. The number of benzene rings is 1. The predicted octanol–water partition coefficient (Wildman–Crippen LogP) is 0.454. The van der Waals surface area contributed by atoms with Crippen LogP contribution in [0.2, 0.25) is 0 Å². The van der Waals surface area contributed by atoms with E-state index < -0.39 is 5.91 Å². The lowest BCUT2D eigenvalue weighted by Gasteiger charge is -2.04. The number of amides is 1. The largest absolute Gasteiger partial charge is 0.508 e. The van der Waals surface area contributed by atoms with Gasteiger partial charge in [0.05, 0.1) is 11.9 Å². The third-order valence-corrected chi connectivity index (χ3v) is 2.41. The number of primary amides is 1. The number of hydrogen-bond donors (Lipinski definition) is 3. The zero-order valence-electron chi connectivity index (χ0n) is 9.50. The quantitative estimate of drug-likeness (QED) is 0.725. The molecule has 0 radical (unpaired) electrons. The summed E-state index contributed by atoms with van der Waals surface area (Å²) in [4.78, 5) is 19.0. The van der Waals surface area contributed by atoms with Crippen molar-refractivity contribution in [2.75, 3.05) is 5.73 Å². The van der Waals surface area contributed by atoms with Crippen LogP contribution in [0.5, 0.6) is 5.75 Å². The van der Waals surface area contributed by atoms with Gasteiger partial charge < -0.3 is 16.6 Å². The Morgan fingerprint density at radius 3 is 2.56 bits per heavy atom. The number of anilines is 1. The molecular formula is C12H12N4O2. The van der Waals surface area contributed by atoms with Crippen LogP contribution in [0.15, 0.2) is 30.5 Å². The third-order valence-electron chi connectivity index (χ3n) is 2.41. The number of nitrogens with two attached hydrogens (primary N) is 2. The van der Waals surface area contributed by atoms with Crippen LogP contribution in [0.4, 0.5) is 5.82 Å². The molecule has 5 N–H and O–H groups in total. The highest BCUT2D eigenvalue weighted by Gasteiger charge is 2.10. The van der Waals surface area contributed by atoms with Crippen molar-refractivity contribution in [1.29, 1.82) is 0 Å². The minimum Gasteiger partial charge on any atom is -0.508 e. The molecule has 0 aliphatic heterocycles. The van der Waals surface area contributed by atoms with Gasteiger partial charge in [0.1, 0.15) is 5.75 Å². The number of nitrogen functional groups attached to an aromatic ring is 1. The van der Waals surface area contributed by atoms with Crippen LogP contribution in [0, 0.1) is 0 Å². The molecule has 1 aromatic heterocycles. The Bertz CT molecular complexity index is 581. The van der Waals surface area contributed by atoms with Gasteiger partial charge in [0.25, 0.3) is 5.91 Å². The van der Waals surface area contributed by atoms with E-state index in [0.717, 1.165) is 5.56 Å². The summed E-state index contributed by atoms with van der Waals surface area (Å²) in [6.45, 7) is 0. The first-order valence-electron chi connectivity index (χ1n) is 5.25. The Morgan fingerprint density at radius 2 is 1.94 bits per heavy atom. The number of carbonyl (C=O) groups is 1. The molecule has 0 spiro atoms. The van der Waals surface area contributed by atoms with Crippen molar-refractivity contribution in [1.82, 2.24) is 9.97 Å². The van der Waals surface area contributed by atoms with Crippen molar-refractivity contribution in [3.05, 3.63) is 47.4 Å². The molecular weight excluding hydrogens is 232 g/mol. The highest BCUT2D eigenvalue weighted by atomic mass is 16.3. The summed E-state index contributed by atoms with van der Waals surface area (Å²) in [6, 6.07) is 6.68. The lowest BCUT2D eigenvalue weighted by atomic mass is 10.1. The maximum atomic E-state index is 11.1. The van der Waals surface area contributed by atoms with E-state index in [2.05, 4.69) is 9.97 Å². The number of carbonyl (C=O) groups excluding carboxylic acids is 1. The van der Waals surface area contributed by atoms with Crippen LogP contribution in [-0.4, -0.2) is 21.0 Å². The molecule has 1 heterocycles. The summed E-state index contributed by atoms with van der Waals surface area (Å²) in [5, 5.41) is 9.17. The minimum atomic E-state index is -0.701. The van der Waals surface area contributed by atoms with Crippen LogP contribution >= 0.6 is 0 Å². The summed E-state index contributed by atoms with van der Waals surface area (Å²) in [6.07, 6.45) is 1.97. The van der Waals surface area contributed by atoms with Crippen molar-refractivity contribution < 1.29 is 9.90 Å². The van der Waals surface area contributed by atoms with Crippen molar-refractivity contribution in [2.24, 2.45) is 5.73 Å². The maximum absolute atomic E-state index is 11.1. The van der Waals surface area contributed by atoms with Gasteiger partial charge in [-0.25, -0.2) is 9.97 Å². The van der Waals surface area contributed by atoms with E-state index >= 15 is 0 Å². The van der Waals surface area contributed by atoms with Gasteiger partial charge in [-0.15, -0.1) is 0 Å². The molecule has 0 unspecified atom stereocenters. The zero-order chi connectivity index (χ0) is 13.1. The number of hydrogen-bond acceptors (Lipinski definition) is 5. The first-order valence-corrected chi connectivity index (χ1v) is 5.25. The number of phenols is 1. The van der Waals surface area contributed by atoms with Gasteiger partial charge in [-0.05, 0) is 17.7 Å². The van der Waals surface area contributed by atoms with Gasteiger partial charge >= 0.3 is 0 Å². The Balaban J connectivity index is 2.27. The molecule has 0 aliphatic carbocycles. The molecule has 0 saturated heterocycles. The van der Waals surface area contributed by atoms with E-state index in [1.54, 1.807) is 24.3 Å². The summed E-state index contributed by atoms with van der Waals surface area (Å²) in [5.74, 6) is -0.482. The second kappa shape index (κ2) is 4.70. The summed E-state index contributed by atoms with van der Waals surface area (Å²) in [5.41, 5.74) is 12.1. The van der Waals surface area contributed by atoms with E-state index in [9.17, 15) is 9.90 Å². The number of nitrogens with zero attached hydrogens (tertiary/aromatic N) is 2. The Labute approximate surface area is 103 Å². The normalized spacial score (nSPS) is 10.2. The highest BCUT2D eigenvalue weighted by molar-refractivity contribution is 5.94. The van der Waals surface area contributed by atoms with Gasteiger partial charge in [0.15, 0.2) is 11.5 Å². The van der Waals surface area contributed by atoms with Crippen LogP contribution in [0.1, 0.15) is 21.7 Å². The molecule has 6 heteroatoms. The molecule has 0 fully saturated rings. The molecule has 92 valence electrons. The first kappa shape index (κ1) is 11.8. The van der Waals surface area contributed by atoms with Crippen LogP contribution in [0.25, 0.3) is 0 Å². The summed E-state index contributed by atoms with van der Waals surface area (Å²) < 4.78 is 0. The first-order chi connectivity index (χ1) is 8.56. The fourth-order valence-corrected chi connectivity index (χ4v) is 1.52. The molecule has 1 aromatic carbocycles. The smallest absolute Gasteiger partial charge is 0.271 e. The predicted molar refractivity (Wildman–Crippen MR) is 65.9 cm³/mol. The minimum absolute atomic E-state index is 0.0220. The van der Waals surface area contributed by atoms with Crippen LogP contribution in [-0.2, 0) is 6.42 Å². The van der Waals surface area contributed by atoms with Crippen LogP contribution in [0.3, 0.4) is 0 Å². The monoisotopic (exact) mass is 244 g/mol. The van der Waals surface area contributed by atoms with Crippen LogP contribution < -0.4 is 11.5 Å². The summed E-state index contributed by atoms with van der Waals surface area (Å²) in [7, 11) is 0. The second-order valence-corrected chi connectivity index (χ2v) is 3.80. The zero-order valence-corrected chi connectivity index (χ0v) is 9.50. The average molecular weight is 244 g/mol. The van der Waals surface area contributed by atoms with Crippen molar-refractivity contribution in [3.8, 4) is 5.75 Å². The average Bonchev–Trinajstić information content (AvgIpc) is 2.34. The van der Waals surface area contributed by atoms with Gasteiger partial charge in [0, 0.05) is 6.42 Å². The SMILES string of the molecule is NC(=O)c1nc(Cc2ccc(O)cc2)cnc1N. The second-order valence-electron chi connectivity index (χ2n) is 3.80. The molecule has 0 atom stereocenters. The van der Waals surface area contributed by atoms with E-state index in [4.69, 9.17) is 11.5 Å². The lowest BCUT2D eigenvalue weighted by molar-refractivity contribution is 0.0996. The third kappa shape index (κ3) is 2.54. The fourth-order valence-electron chi connectivity index (χ4n) is 1.52. The molecule has 2 rings (SSSR count). The number of aromatic nitrogens is 2. The van der Waals surface area contributed by atoms with E-state index in [0.29, 0.717) is 12.1 Å². The lowest BCUT2D eigenvalue weighted by Crippen LogP contribution is -2.17. The van der Waals surface area contributed by atoms with Crippen molar-refractivity contribution in [3.63, 3.8) is 0 Å². The van der Waals surface area contributed by atoms with E-state index in [-0.39, 0.29) is 17.3 Å². The van der Waals surface area contributed by atoms with E-state index in [1.807, 2.05) is 0 Å². The molecule has 0 saturated carbocycles. The maximum Gasteiger partial charge on any atom is 0.271 e. The van der Waals surface area contributed by atoms with Gasteiger partial charge in [-0.1, -0.05) is 12.1 Å². The summed E-state index contributed by atoms with van der Waals surface area (Å²) >= 11 is 0. The number of aromatic hydroxyl groups is 1. The Kier molecular flexibility index (Phi) is 3.09. The van der Waals surface area contributed by atoms with Gasteiger partial charge in [-0.2, -0.15) is 0 Å². The molecule has 6 nitrogen and oxygen atoms in total.